The molecular formula is C17H31N3O. The molecule has 0 aliphatic heterocycles. The van der Waals surface area contributed by atoms with Gasteiger partial charge in [0.05, 0.1) is 23.6 Å². The fourth-order valence-corrected chi connectivity index (χ4v) is 3.09. The second-order valence-electron chi connectivity index (χ2n) is 7.14. The lowest BCUT2D eigenvalue weighted by Crippen LogP contribution is -2.45. The first-order valence-corrected chi connectivity index (χ1v) is 8.33. The normalized spacial score (nSPS) is 20.6. The molecule has 4 nitrogen and oxygen atoms in total. The lowest BCUT2D eigenvalue weighted by molar-refractivity contribution is -0.0922. The van der Waals surface area contributed by atoms with Crippen LogP contribution in [0.15, 0.2) is 6.07 Å². The molecule has 1 aliphatic rings. The van der Waals surface area contributed by atoms with Crippen molar-refractivity contribution in [2.75, 3.05) is 6.54 Å². The van der Waals surface area contributed by atoms with Crippen LogP contribution >= 0.6 is 0 Å². The zero-order valence-corrected chi connectivity index (χ0v) is 14.1. The Kier molecular flexibility index (Phi) is 5.10. The smallest absolute Gasteiger partial charge is 0.0893 e. The van der Waals surface area contributed by atoms with Gasteiger partial charge in [-0.25, -0.2) is 0 Å². The Hall–Kier alpha value is -0.870. The summed E-state index contributed by atoms with van der Waals surface area (Å²) in [7, 11) is 0. The summed E-state index contributed by atoms with van der Waals surface area (Å²) in [4.78, 5) is 0. The van der Waals surface area contributed by atoms with Gasteiger partial charge in [-0.05, 0) is 50.5 Å². The summed E-state index contributed by atoms with van der Waals surface area (Å²) in [5.41, 5.74) is 8.66. The summed E-state index contributed by atoms with van der Waals surface area (Å²) in [5.74, 6) is 0. The van der Waals surface area contributed by atoms with Gasteiger partial charge in [0, 0.05) is 13.1 Å². The average molecular weight is 293 g/mol. The molecule has 0 unspecified atom stereocenters. The van der Waals surface area contributed by atoms with E-state index in [9.17, 15) is 0 Å². The highest BCUT2D eigenvalue weighted by Gasteiger charge is 2.38. The molecule has 1 aromatic rings. The Labute approximate surface area is 129 Å². The average Bonchev–Trinajstić information content (AvgIpc) is 2.89. The lowest BCUT2D eigenvalue weighted by Gasteiger charge is -2.42. The third-order valence-electron chi connectivity index (χ3n) is 4.99. The molecule has 0 amide bonds. The van der Waals surface area contributed by atoms with Crippen LogP contribution in [0.4, 0.5) is 0 Å². The molecule has 2 N–H and O–H groups in total. The SMILES string of the molecule is CCc1cc(COC2(CN)CCC(C)(C)CC2)n(CC)n1. The number of hydrogen-bond acceptors (Lipinski definition) is 3. The molecule has 0 saturated heterocycles. The summed E-state index contributed by atoms with van der Waals surface area (Å²) >= 11 is 0. The summed E-state index contributed by atoms with van der Waals surface area (Å²) in [6.07, 6.45) is 5.49. The number of aryl methyl sites for hydroxylation is 2. The predicted molar refractivity (Wildman–Crippen MR) is 86.1 cm³/mol. The van der Waals surface area contributed by atoms with E-state index in [1.54, 1.807) is 0 Å². The number of ether oxygens (including phenoxy) is 1. The van der Waals surface area contributed by atoms with Gasteiger partial charge in [-0.1, -0.05) is 20.8 Å². The minimum absolute atomic E-state index is 0.134. The summed E-state index contributed by atoms with van der Waals surface area (Å²) < 4.78 is 8.37. The van der Waals surface area contributed by atoms with Crippen molar-refractivity contribution in [1.29, 1.82) is 0 Å². The maximum Gasteiger partial charge on any atom is 0.0893 e. The molecule has 1 aliphatic carbocycles. The molecule has 1 saturated carbocycles. The number of nitrogens with two attached hydrogens (primary N) is 1. The molecule has 1 heterocycles. The van der Waals surface area contributed by atoms with Crippen molar-refractivity contribution in [2.24, 2.45) is 11.1 Å². The van der Waals surface area contributed by atoms with Crippen molar-refractivity contribution in [2.45, 2.75) is 78.6 Å². The highest BCUT2D eigenvalue weighted by Crippen LogP contribution is 2.41. The molecule has 0 spiro atoms. The molecule has 2 rings (SSSR count). The fraction of sp³-hybridized carbons (Fsp3) is 0.824. The maximum atomic E-state index is 6.31. The minimum atomic E-state index is -0.134. The van der Waals surface area contributed by atoms with E-state index in [0.717, 1.165) is 31.5 Å². The predicted octanol–water partition coefficient (Wildman–Crippen LogP) is 3.28. The zero-order valence-electron chi connectivity index (χ0n) is 14.1. The van der Waals surface area contributed by atoms with Crippen LogP contribution < -0.4 is 5.73 Å². The molecule has 4 heteroatoms. The van der Waals surface area contributed by atoms with E-state index in [-0.39, 0.29) is 5.60 Å². The topological polar surface area (TPSA) is 53.1 Å². The van der Waals surface area contributed by atoms with E-state index in [4.69, 9.17) is 10.5 Å². The largest absolute Gasteiger partial charge is 0.367 e. The molecular weight excluding hydrogens is 262 g/mol. The molecule has 0 aromatic carbocycles. The van der Waals surface area contributed by atoms with E-state index >= 15 is 0 Å². The van der Waals surface area contributed by atoms with Gasteiger partial charge in [-0.3, -0.25) is 4.68 Å². The summed E-state index contributed by atoms with van der Waals surface area (Å²) in [6.45, 7) is 11.1. The third kappa shape index (κ3) is 3.86. The number of nitrogens with zero attached hydrogens (tertiary/aromatic N) is 2. The van der Waals surface area contributed by atoms with E-state index in [2.05, 4.69) is 43.5 Å². The monoisotopic (exact) mass is 293 g/mol. The maximum absolute atomic E-state index is 6.31. The van der Waals surface area contributed by atoms with E-state index < -0.39 is 0 Å². The number of hydrogen-bond donors (Lipinski definition) is 1. The van der Waals surface area contributed by atoms with E-state index in [1.807, 2.05) is 0 Å². The van der Waals surface area contributed by atoms with Crippen LogP contribution in [0.25, 0.3) is 0 Å². The Bertz CT molecular complexity index is 455. The van der Waals surface area contributed by atoms with Crippen LogP contribution in [0.5, 0.6) is 0 Å². The third-order valence-corrected chi connectivity index (χ3v) is 4.99. The van der Waals surface area contributed by atoms with Gasteiger partial charge >= 0.3 is 0 Å². The molecule has 0 radical (unpaired) electrons. The van der Waals surface area contributed by atoms with Crippen molar-refractivity contribution < 1.29 is 4.74 Å². The number of aromatic nitrogens is 2. The van der Waals surface area contributed by atoms with E-state index in [1.165, 1.54) is 18.5 Å². The first-order valence-electron chi connectivity index (χ1n) is 8.33. The van der Waals surface area contributed by atoms with Gasteiger partial charge in [0.1, 0.15) is 0 Å². The lowest BCUT2D eigenvalue weighted by atomic mass is 9.71. The Balaban J connectivity index is 2.02. The van der Waals surface area contributed by atoms with Crippen LogP contribution in [0.3, 0.4) is 0 Å². The van der Waals surface area contributed by atoms with Crippen LogP contribution in [0.2, 0.25) is 0 Å². The second-order valence-corrected chi connectivity index (χ2v) is 7.14. The van der Waals surface area contributed by atoms with Gasteiger partial charge in [-0.15, -0.1) is 0 Å². The van der Waals surface area contributed by atoms with Crippen molar-refractivity contribution in [3.8, 4) is 0 Å². The van der Waals surface area contributed by atoms with Gasteiger partial charge in [-0.2, -0.15) is 5.10 Å². The number of rotatable bonds is 6. The van der Waals surface area contributed by atoms with Crippen LogP contribution in [-0.4, -0.2) is 21.9 Å². The molecule has 0 atom stereocenters. The van der Waals surface area contributed by atoms with Gasteiger partial charge in [0.15, 0.2) is 0 Å². The van der Waals surface area contributed by atoms with Gasteiger partial charge in [0.2, 0.25) is 0 Å². The highest BCUT2D eigenvalue weighted by atomic mass is 16.5. The van der Waals surface area contributed by atoms with Gasteiger partial charge < -0.3 is 10.5 Å². The summed E-state index contributed by atoms with van der Waals surface area (Å²) in [6, 6.07) is 2.17. The van der Waals surface area contributed by atoms with Crippen molar-refractivity contribution in [1.82, 2.24) is 9.78 Å². The Morgan fingerprint density at radius 2 is 1.90 bits per heavy atom. The molecule has 21 heavy (non-hydrogen) atoms. The minimum Gasteiger partial charge on any atom is -0.367 e. The first-order chi connectivity index (χ1) is 9.93. The standard InChI is InChI=1S/C17H31N3O/c1-5-14-11-15(20(6-2)19-14)12-21-17(13-18)9-7-16(3,4)8-10-17/h11H,5-10,12-13,18H2,1-4H3. The van der Waals surface area contributed by atoms with Crippen LogP contribution in [0, 0.1) is 5.41 Å². The Morgan fingerprint density at radius 1 is 1.24 bits per heavy atom. The molecule has 1 fully saturated rings. The van der Waals surface area contributed by atoms with Crippen molar-refractivity contribution in [3.05, 3.63) is 17.5 Å². The van der Waals surface area contributed by atoms with Crippen molar-refractivity contribution in [3.63, 3.8) is 0 Å². The highest BCUT2D eigenvalue weighted by molar-refractivity contribution is 5.10. The first kappa shape index (κ1) is 16.5. The van der Waals surface area contributed by atoms with Crippen molar-refractivity contribution >= 4 is 0 Å². The zero-order chi connectivity index (χ0) is 15.5. The second kappa shape index (κ2) is 6.49. The summed E-state index contributed by atoms with van der Waals surface area (Å²) in [5, 5.41) is 4.59. The van der Waals surface area contributed by atoms with E-state index in [0.29, 0.717) is 18.6 Å². The Morgan fingerprint density at radius 3 is 2.43 bits per heavy atom. The van der Waals surface area contributed by atoms with Crippen LogP contribution in [0.1, 0.15) is 64.8 Å². The molecule has 1 aromatic heterocycles. The van der Waals surface area contributed by atoms with Gasteiger partial charge in [0.25, 0.3) is 0 Å². The molecule has 120 valence electrons. The fourth-order valence-electron chi connectivity index (χ4n) is 3.09. The molecule has 0 bridgehead atoms. The quantitative estimate of drug-likeness (QED) is 0.875. The van der Waals surface area contributed by atoms with Crippen LogP contribution in [-0.2, 0) is 24.3 Å².